The van der Waals surface area contributed by atoms with E-state index in [2.05, 4.69) is 13.8 Å². The Bertz CT molecular complexity index is 183. The van der Waals surface area contributed by atoms with Crippen LogP contribution in [0.2, 0.25) is 0 Å². The van der Waals surface area contributed by atoms with Crippen molar-refractivity contribution in [3.8, 4) is 0 Å². The van der Waals surface area contributed by atoms with Crippen molar-refractivity contribution in [1.82, 2.24) is 0 Å². The third kappa shape index (κ3) is 6.84. The Morgan fingerprint density at radius 3 is 2.43 bits per heavy atom. The third-order valence-corrected chi connectivity index (χ3v) is 2.30. The van der Waals surface area contributed by atoms with Gasteiger partial charge >= 0.3 is 0 Å². The van der Waals surface area contributed by atoms with E-state index < -0.39 is 0 Å². The molecular formula is C12H22O2. The lowest BCUT2D eigenvalue weighted by Crippen LogP contribution is -2.12. The van der Waals surface area contributed by atoms with Crippen molar-refractivity contribution < 1.29 is 9.53 Å². The molecule has 0 saturated carbocycles. The number of allylic oxidation sites excluding steroid dienone is 1. The van der Waals surface area contributed by atoms with Gasteiger partial charge in [-0.25, -0.2) is 0 Å². The van der Waals surface area contributed by atoms with Crippen LogP contribution in [0.4, 0.5) is 0 Å². The second-order valence-corrected chi connectivity index (χ2v) is 4.18. The van der Waals surface area contributed by atoms with Gasteiger partial charge in [0.2, 0.25) is 0 Å². The lowest BCUT2D eigenvalue weighted by molar-refractivity contribution is -0.104. The number of methoxy groups -OCH3 is 1. The van der Waals surface area contributed by atoms with Crippen molar-refractivity contribution in [2.75, 3.05) is 7.11 Å². The van der Waals surface area contributed by atoms with Crippen molar-refractivity contribution in [1.29, 1.82) is 0 Å². The van der Waals surface area contributed by atoms with Gasteiger partial charge in [-0.05, 0) is 38.2 Å². The maximum absolute atomic E-state index is 10.2. The van der Waals surface area contributed by atoms with Crippen LogP contribution in [-0.4, -0.2) is 19.5 Å². The molecular weight excluding hydrogens is 176 g/mol. The van der Waals surface area contributed by atoms with E-state index in [0.717, 1.165) is 24.7 Å². The maximum Gasteiger partial charge on any atom is 0.142 e. The number of rotatable bonds is 7. The van der Waals surface area contributed by atoms with Crippen molar-refractivity contribution in [3.63, 3.8) is 0 Å². The molecule has 2 nitrogen and oxygen atoms in total. The minimum Gasteiger partial charge on any atom is -0.381 e. The topological polar surface area (TPSA) is 26.3 Å². The molecule has 0 heterocycles. The quantitative estimate of drug-likeness (QED) is 0.464. The standard InChI is InChI=1S/C12H22O2/c1-10(2)5-6-12(14-4)9-11(3)7-8-13/h7-8,10,12H,5-6,9H2,1-4H3. The van der Waals surface area contributed by atoms with Gasteiger partial charge in [0.15, 0.2) is 0 Å². The minimum atomic E-state index is 0.258. The van der Waals surface area contributed by atoms with Crippen LogP contribution in [0.5, 0.6) is 0 Å². The highest BCUT2D eigenvalue weighted by Gasteiger charge is 2.08. The summed E-state index contributed by atoms with van der Waals surface area (Å²) < 4.78 is 5.36. The molecule has 0 bridgehead atoms. The molecule has 0 aliphatic rings. The van der Waals surface area contributed by atoms with Crippen LogP contribution < -0.4 is 0 Å². The van der Waals surface area contributed by atoms with Gasteiger partial charge in [-0.15, -0.1) is 0 Å². The lowest BCUT2D eigenvalue weighted by atomic mass is 10.0. The largest absolute Gasteiger partial charge is 0.381 e. The summed E-state index contributed by atoms with van der Waals surface area (Å²) in [6.45, 7) is 6.39. The predicted molar refractivity (Wildman–Crippen MR) is 59.3 cm³/mol. The molecule has 0 amide bonds. The Morgan fingerprint density at radius 1 is 1.36 bits per heavy atom. The van der Waals surface area contributed by atoms with Crippen molar-refractivity contribution >= 4 is 6.29 Å². The van der Waals surface area contributed by atoms with E-state index in [0.29, 0.717) is 5.92 Å². The van der Waals surface area contributed by atoms with Gasteiger partial charge in [0.25, 0.3) is 0 Å². The molecule has 0 aliphatic carbocycles. The molecule has 82 valence electrons. The average Bonchev–Trinajstić information content (AvgIpc) is 2.12. The maximum atomic E-state index is 10.2. The Kier molecular flexibility index (Phi) is 7.40. The molecule has 0 rings (SSSR count). The molecule has 0 N–H and O–H groups in total. The molecule has 0 aromatic rings. The first-order valence-corrected chi connectivity index (χ1v) is 5.23. The number of carbonyl (C=O) groups excluding carboxylic acids is 1. The van der Waals surface area contributed by atoms with Crippen LogP contribution in [0.3, 0.4) is 0 Å². The Hall–Kier alpha value is -0.630. The molecule has 14 heavy (non-hydrogen) atoms. The number of ether oxygens (including phenoxy) is 1. The van der Waals surface area contributed by atoms with Gasteiger partial charge in [0, 0.05) is 7.11 Å². The summed E-state index contributed by atoms with van der Waals surface area (Å²) in [4.78, 5) is 10.2. The number of hydrogen-bond donors (Lipinski definition) is 0. The molecule has 0 spiro atoms. The molecule has 0 aromatic carbocycles. The van der Waals surface area contributed by atoms with Crippen LogP contribution in [0, 0.1) is 5.92 Å². The zero-order chi connectivity index (χ0) is 11.0. The summed E-state index contributed by atoms with van der Waals surface area (Å²) in [5, 5.41) is 0. The zero-order valence-electron chi connectivity index (χ0n) is 9.75. The smallest absolute Gasteiger partial charge is 0.142 e. The fourth-order valence-corrected chi connectivity index (χ4v) is 1.37. The summed E-state index contributed by atoms with van der Waals surface area (Å²) in [5.74, 6) is 0.711. The van der Waals surface area contributed by atoms with E-state index in [4.69, 9.17) is 4.74 Å². The molecule has 0 radical (unpaired) electrons. The second-order valence-electron chi connectivity index (χ2n) is 4.18. The van der Waals surface area contributed by atoms with Crippen LogP contribution in [0.15, 0.2) is 11.6 Å². The molecule has 1 unspecified atom stereocenters. The van der Waals surface area contributed by atoms with Gasteiger partial charge in [-0.2, -0.15) is 0 Å². The van der Waals surface area contributed by atoms with E-state index in [-0.39, 0.29) is 6.10 Å². The average molecular weight is 198 g/mol. The molecule has 0 fully saturated rings. The van der Waals surface area contributed by atoms with Crippen molar-refractivity contribution in [3.05, 3.63) is 11.6 Å². The highest BCUT2D eigenvalue weighted by molar-refractivity contribution is 5.65. The fourth-order valence-electron chi connectivity index (χ4n) is 1.37. The van der Waals surface area contributed by atoms with Crippen molar-refractivity contribution in [2.45, 2.75) is 46.1 Å². The third-order valence-electron chi connectivity index (χ3n) is 2.30. The molecule has 0 aliphatic heterocycles. The normalized spacial score (nSPS) is 14.5. The summed E-state index contributed by atoms with van der Waals surface area (Å²) in [7, 11) is 1.74. The molecule has 2 heteroatoms. The first-order valence-electron chi connectivity index (χ1n) is 5.23. The van der Waals surface area contributed by atoms with Crippen LogP contribution in [0.25, 0.3) is 0 Å². The number of carbonyl (C=O) groups is 1. The van der Waals surface area contributed by atoms with Crippen LogP contribution in [-0.2, 0) is 9.53 Å². The van der Waals surface area contributed by atoms with Crippen molar-refractivity contribution in [2.24, 2.45) is 5.92 Å². The fraction of sp³-hybridized carbons (Fsp3) is 0.750. The minimum absolute atomic E-state index is 0.258. The van der Waals surface area contributed by atoms with Gasteiger partial charge in [0.1, 0.15) is 6.29 Å². The van der Waals surface area contributed by atoms with Gasteiger partial charge < -0.3 is 4.74 Å². The second kappa shape index (κ2) is 7.74. The lowest BCUT2D eigenvalue weighted by Gasteiger charge is -2.16. The van der Waals surface area contributed by atoms with E-state index in [9.17, 15) is 4.79 Å². The van der Waals surface area contributed by atoms with Gasteiger partial charge in [-0.3, -0.25) is 4.79 Å². The predicted octanol–water partition coefficient (Wildman–Crippen LogP) is 2.97. The first-order chi connectivity index (χ1) is 6.60. The summed E-state index contributed by atoms with van der Waals surface area (Å²) in [5.41, 5.74) is 1.09. The van der Waals surface area contributed by atoms with E-state index in [1.807, 2.05) is 6.92 Å². The van der Waals surface area contributed by atoms with Crippen LogP contribution >= 0.6 is 0 Å². The monoisotopic (exact) mass is 198 g/mol. The van der Waals surface area contributed by atoms with E-state index in [1.54, 1.807) is 13.2 Å². The van der Waals surface area contributed by atoms with E-state index >= 15 is 0 Å². The summed E-state index contributed by atoms with van der Waals surface area (Å²) in [6, 6.07) is 0. The van der Waals surface area contributed by atoms with Gasteiger partial charge in [-0.1, -0.05) is 19.4 Å². The highest BCUT2D eigenvalue weighted by atomic mass is 16.5. The summed E-state index contributed by atoms with van der Waals surface area (Å²) in [6.07, 6.45) is 5.81. The Morgan fingerprint density at radius 2 is 2.00 bits per heavy atom. The van der Waals surface area contributed by atoms with E-state index in [1.165, 1.54) is 6.42 Å². The summed E-state index contributed by atoms with van der Waals surface area (Å²) >= 11 is 0. The number of aldehydes is 1. The Balaban J connectivity index is 3.89. The zero-order valence-corrected chi connectivity index (χ0v) is 9.75. The molecule has 0 aromatic heterocycles. The van der Waals surface area contributed by atoms with Gasteiger partial charge in [0.05, 0.1) is 6.10 Å². The molecule has 1 atom stereocenters. The SMILES string of the molecule is COC(CCC(C)C)CC(C)=CC=O. The highest BCUT2D eigenvalue weighted by Crippen LogP contribution is 2.15. The Labute approximate surface area is 87.3 Å². The van der Waals surface area contributed by atoms with Crippen LogP contribution in [0.1, 0.15) is 40.0 Å². The number of hydrogen-bond acceptors (Lipinski definition) is 2. The first kappa shape index (κ1) is 13.4. The molecule has 0 saturated heterocycles.